The van der Waals surface area contributed by atoms with Crippen LogP contribution in [0.2, 0.25) is 0 Å². The van der Waals surface area contributed by atoms with Gasteiger partial charge < -0.3 is 0 Å². The summed E-state index contributed by atoms with van der Waals surface area (Å²) in [4.78, 5) is 0. The van der Waals surface area contributed by atoms with Gasteiger partial charge in [0.05, 0.1) is 0 Å². The van der Waals surface area contributed by atoms with Gasteiger partial charge in [-0.05, 0) is 40.4 Å². The van der Waals surface area contributed by atoms with Crippen molar-refractivity contribution in [3.05, 3.63) is 42.0 Å². The highest BCUT2D eigenvalue weighted by molar-refractivity contribution is 5.71. The summed E-state index contributed by atoms with van der Waals surface area (Å²) in [5.41, 5.74) is 4.52. The largest absolute Gasteiger partial charge is 0.0949 e. The van der Waals surface area contributed by atoms with E-state index in [1.54, 1.807) is 0 Å². The molecule has 16 heavy (non-hydrogen) atoms. The van der Waals surface area contributed by atoms with E-state index in [1.165, 1.54) is 23.1 Å². The summed E-state index contributed by atoms with van der Waals surface area (Å²) < 4.78 is 0. The number of rotatable bonds is 1. The average molecular weight is 214 g/mol. The van der Waals surface area contributed by atoms with Crippen LogP contribution in [0, 0.1) is 17.3 Å². The van der Waals surface area contributed by atoms with E-state index in [0.717, 1.165) is 0 Å². The molecule has 0 amide bonds. The number of hydrogen-bond acceptors (Lipinski definition) is 0. The Labute approximate surface area is 99.4 Å². The summed E-state index contributed by atoms with van der Waals surface area (Å²) in [5, 5.41) is 0. The second-order valence-corrected chi connectivity index (χ2v) is 6.07. The zero-order chi connectivity index (χ0) is 11.9. The van der Waals surface area contributed by atoms with Crippen LogP contribution in [-0.2, 0) is 6.42 Å². The Hall–Kier alpha value is -1.04. The van der Waals surface area contributed by atoms with Crippen molar-refractivity contribution in [1.29, 1.82) is 0 Å². The molecule has 2 rings (SSSR count). The molecule has 0 aliphatic heterocycles. The normalized spacial score (nSPS) is 23.3. The van der Waals surface area contributed by atoms with E-state index in [-0.39, 0.29) is 0 Å². The molecule has 1 aliphatic carbocycles. The van der Waals surface area contributed by atoms with Crippen LogP contribution in [0.1, 0.15) is 38.8 Å². The lowest BCUT2D eigenvalue weighted by Gasteiger charge is -2.43. The molecule has 0 nitrogen and oxygen atoms in total. The third-order valence-corrected chi connectivity index (χ3v) is 3.89. The second kappa shape index (κ2) is 3.76. The molecule has 0 saturated carbocycles. The molecule has 0 saturated heterocycles. The Morgan fingerprint density at radius 2 is 1.88 bits per heavy atom. The van der Waals surface area contributed by atoms with Gasteiger partial charge in [-0.2, -0.15) is 0 Å². The highest BCUT2D eigenvalue weighted by atomic mass is 14.4. The van der Waals surface area contributed by atoms with Crippen molar-refractivity contribution >= 4 is 5.57 Å². The summed E-state index contributed by atoms with van der Waals surface area (Å²) in [6.45, 7) is 13.7. The molecule has 0 heteroatoms. The van der Waals surface area contributed by atoms with Crippen LogP contribution in [0.15, 0.2) is 30.8 Å². The van der Waals surface area contributed by atoms with Gasteiger partial charge in [0.15, 0.2) is 0 Å². The van der Waals surface area contributed by atoms with Crippen molar-refractivity contribution in [1.82, 2.24) is 0 Å². The molecule has 1 aliphatic rings. The summed E-state index contributed by atoms with van der Waals surface area (Å²) in [6.07, 6.45) is 1.17. The molecule has 1 aromatic carbocycles. The van der Waals surface area contributed by atoms with Crippen LogP contribution in [0.25, 0.3) is 5.57 Å². The zero-order valence-electron chi connectivity index (χ0n) is 10.9. The van der Waals surface area contributed by atoms with Gasteiger partial charge in [0.2, 0.25) is 0 Å². The van der Waals surface area contributed by atoms with Crippen molar-refractivity contribution in [2.75, 3.05) is 0 Å². The zero-order valence-corrected chi connectivity index (χ0v) is 10.9. The van der Waals surface area contributed by atoms with Gasteiger partial charge in [0, 0.05) is 0 Å². The van der Waals surface area contributed by atoms with E-state index in [1.807, 2.05) is 0 Å². The van der Waals surface area contributed by atoms with Crippen molar-refractivity contribution < 1.29 is 0 Å². The second-order valence-electron chi connectivity index (χ2n) is 6.07. The van der Waals surface area contributed by atoms with Crippen molar-refractivity contribution in [2.45, 2.75) is 34.1 Å². The fourth-order valence-corrected chi connectivity index (χ4v) is 3.53. The summed E-state index contributed by atoms with van der Waals surface area (Å²) in [6, 6.07) is 8.73. The molecular weight excluding hydrogens is 192 g/mol. The van der Waals surface area contributed by atoms with Crippen molar-refractivity contribution in [2.24, 2.45) is 17.3 Å². The van der Waals surface area contributed by atoms with Crippen LogP contribution in [0.4, 0.5) is 0 Å². The van der Waals surface area contributed by atoms with Crippen LogP contribution in [0.3, 0.4) is 0 Å². The Bertz CT molecular complexity index is 410. The molecule has 0 fully saturated rings. The van der Waals surface area contributed by atoms with E-state index in [2.05, 4.69) is 58.5 Å². The van der Waals surface area contributed by atoms with Gasteiger partial charge in [-0.25, -0.2) is 0 Å². The Kier molecular flexibility index (Phi) is 2.69. The maximum atomic E-state index is 4.35. The third kappa shape index (κ3) is 1.71. The summed E-state index contributed by atoms with van der Waals surface area (Å²) in [7, 11) is 0. The lowest BCUT2D eigenvalue weighted by atomic mass is 9.61. The van der Waals surface area contributed by atoms with E-state index in [9.17, 15) is 0 Å². The fraction of sp³-hybridized carbons (Fsp3) is 0.500. The average Bonchev–Trinajstić information content (AvgIpc) is 2.15. The van der Waals surface area contributed by atoms with Crippen LogP contribution < -0.4 is 0 Å². The maximum absolute atomic E-state index is 4.35. The van der Waals surface area contributed by atoms with E-state index < -0.39 is 0 Å². The summed E-state index contributed by atoms with van der Waals surface area (Å²) >= 11 is 0. The Morgan fingerprint density at radius 1 is 1.25 bits per heavy atom. The van der Waals surface area contributed by atoms with E-state index >= 15 is 0 Å². The topological polar surface area (TPSA) is 0 Å². The van der Waals surface area contributed by atoms with Crippen LogP contribution >= 0.6 is 0 Å². The number of allylic oxidation sites excluding steroid dienone is 1. The molecule has 1 aromatic rings. The predicted octanol–water partition coefficient (Wildman–Crippen LogP) is 4.55. The minimum Gasteiger partial charge on any atom is -0.0949 e. The first-order valence-corrected chi connectivity index (χ1v) is 6.20. The molecule has 0 radical (unpaired) electrons. The highest BCUT2D eigenvalue weighted by Gasteiger charge is 2.38. The molecule has 86 valence electrons. The third-order valence-electron chi connectivity index (χ3n) is 3.89. The van der Waals surface area contributed by atoms with Crippen molar-refractivity contribution in [3.63, 3.8) is 0 Å². The number of hydrogen-bond donors (Lipinski definition) is 0. The number of fused-ring (bicyclic) bond motifs is 1. The van der Waals surface area contributed by atoms with E-state index in [4.69, 9.17) is 0 Å². The summed E-state index contributed by atoms with van der Waals surface area (Å²) in [5.74, 6) is 1.26. The molecular formula is C16H22. The monoisotopic (exact) mass is 214 g/mol. The SMILES string of the molecule is C=C1c2ccccc2CC(C)(C)C1C(C)C. The molecule has 1 unspecified atom stereocenters. The number of benzene rings is 1. The minimum absolute atomic E-state index is 0.333. The Morgan fingerprint density at radius 3 is 2.50 bits per heavy atom. The fourth-order valence-electron chi connectivity index (χ4n) is 3.53. The van der Waals surface area contributed by atoms with E-state index in [0.29, 0.717) is 17.3 Å². The van der Waals surface area contributed by atoms with Gasteiger partial charge in [0.25, 0.3) is 0 Å². The quantitative estimate of drug-likeness (QED) is 0.643. The Balaban J connectivity index is 2.51. The van der Waals surface area contributed by atoms with Gasteiger partial charge >= 0.3 is 0 Å². The molecule has 0 bridgehead atoms. The first-order valence-electron chi connectivity index (χ1n) is 6.20. The van der Waals surface area contributed by atoms with Crippen LogP contribution in [0.5, 0.6) is 0 Å². The van der Waals surface area contributed by atoms with Gasteiger partial charge in [-0.15, -0.1) is 0 Å². The highest BCUT2D eigenvalue weighted by Crippen LogP contribution is 2.48. The lowest BCUT2D eigenvalue weighted by molar-refractivity contribution is 0.204. The maximum Gasteiger partial charge on any atom is -0.00842 e. The standard InChI is InChI=1S/C16H22/c1-11(2)15-12(3)14-9-7-6-8-13(14)10-16(15,4)5/h6-9,11,15H,3,10H2,1-2,4-5H3. The molecule has 0 spiro atoms. The predicted molar refractivity (Wildman–Crippen MR) is 71.3 cm³/mol. The first kappa shape index (κ1) is 11.4. The van der Waals surface area contributed by atoms with Gasteiger partial charge in [0.1, 0.15) is 0 Å². The first-order chi connectivity index (χ1) is 7.43. The molecule has 0 aromatic heterocycles. The van der Waals surface area contributed by atoms with Gasteiger partial charge in [-0.1, -0.05) is 58.5 Å². The van der Waals surface area contributed by atoms with Crippen LogP contribution in [-0.4, -0.2) is 0 Å². The van der Waals surface area contributed by atoms with Crippen molar-refractivity contribution in [3.8, 4) is 0 Å². The molecule has 0 heterocycles. The molecule has 1 atom stereocenters. The molecule has 0 N–H and O–H groups in total. The minimum atomic E-state index is 0.333. The van der Waals surface area contributed by atoms with Gasteiger partial charge in [-0.3, -0.25) is 0 Å². The smallest absolute Gasteiger partial charge is 0.00842 e. The lowest BCUT2D eigenvalue weighted by Crippen LogP contribution is -2.35.